The Hall–Kier alpha value is -0.120. The van der Waals surface area contributed by atoms with Crippen LogP contribution in [-0.4, -0.2) is 48.5 Å². The summed E-state index contributed by atoms with van der Waals surface area (Å²) < 4.78 is 5.74. The van der Waals surface area contributed by atoms with Crippen molar-refractivity contribution in [3.63, 3.8) is 0 Å². The van der Waals surface area contributed by atoms with Crippen molar-refractivity contribution < 1.29 is 9.84 Å². The molecule has 0 aromatic rings. The molecule has 0 aromatic carbocycles. The SMILES string of the molecule is C[C@@H]1CN(CC2(CO)CCCC2)C[C@H](C)O1. The third-order valence-corrected chi connectivity index (χ3v) is 4.05. The van der Waals surface area contributed by atoms with E-state index in [1.165, 1.54) is 25.7 Å². The van der Waals surface area contributed by atoms with E-state index >= 15 is 0 Å². The topological polar surface area (TPSA) is 32.7 Å². The van der Waals surface area contributed by atoms with E-state index in [9.17, 15) is 5.11 Å². The summed E-state index contributed by atoms with van der Waals surface area (Å²) in [6.45, 7) is 7.73. The van der Waals surface area contributed by atoms with E-state index in [1.54, 1.807) is 0 Å². The van der Waals surface area contributed by atoms with Crippen molar-refractivity contribution in [1.82, 2.24) is 4.90 Å². The Morgan fingerprint density at radius 1 is 1.19 bits per heavy atom. The Balaban J connectivity index is 1.92. The van der Waals surface area contributed by atoms with Crippen LogP contribution in [0.15, 0.2) is 0 Å². The first kappa shape index (κ1) is 12.3. The van der Waals surface area contributed by atoms with Gasteiger partial charge in [0.1, 0.15) is 0 Å². The first-order valence-electron chi connectivity index (χ1n) is 6.62. The molecule has 1 aliphatic carbocycles. The van der Waals surface area contributed by atoms with Gasteiger partial charge in [-0.2, -0.15) is 0 Å². The first-order chi connectivity index (χ1) is 7.63. The Bertz CT molecular complexity index is 216. The van der Waals surface area contributed by atoms with E-state index in [4.69, 9.17) is 4.74 Å². The zero-order valence-electron chi connectivity index (χ0n) is 10.6. The summed E-state index contributed by atoms with van der Waals surface area (Å²) in [4.78, 5) is 2.49. The van der Waals surface area contributed by atoms with Crippen molar-refractivity contribution in [3.8, 4) is 0 Å². The Morgan fingerprint density at radius 3 is 2.25 bits per heavy atom. The van der Waals surface area contributed by atoms with Crippen LogP contribution in [0, 0.1) is 5.41 Å². The minimum atomic E-state index is 0.191. The molecule has 0 amide bonds. The number of nitrogens with zero attached hydrogens (tertiary/aromatic N) is 1. The number of rotatable bonds is 3. The molecule has 1 saturated heterocycles. The maximum atomic E-state index is 9.62. The van der Waals surface area contributed by atoms with Crippen molar-refractivity contribution in [2.45, 2.75) is 51.7 Å². The summed E-state index contributed by atoms with van der Waals surface area (Å²) in [5.74, 6) is 0. The van der Waals surface area contributed by atoms with E-state index < -0.39 is 0 Å². The summed E-state index contributed by atoms with van der Waals surface area (Å²) in [7, 11) is 0. The smallest absolute Gasteiger partial charge is 0.0678 e. The quantitative estimate of drug-likeness (QED) is 0.795. The number of aliphatic hydroxyl groups is 1. The predicted octanol–water partition coefficient (Wildman–Crippen LogP) is 1.65. The van der Waals surface area contributed by atoms with Crippen LogP contribution in [0.3, 0.4) is 0 Å². The largest absolute Gasteiger partial charge is 0.396 e. The summed E-state index contributed by atoms with van der Waals surface area (Å²) in [6, 6.07) is 0. The molecular weight excluding hydrogens is 202 g/mol. The predicted molar refractivity (Wildman–Crippen MR) is 64.4 cm³/mol. The second-order valence-electron chi connectivity index (χ2n) is 5.82. The lowest BCUT2D eigenvalue weighted by Gasteiger charge is -2.40. The van der Waals surface area contributed by atoms with Gasteiger partial charge in [0.15, 0.2) is 0 Å². The molecule has 2 atom stereocenters. The lowest BCUT2D eigenvalue weighted by atomic mass is 9.86. The van der Waals surface area contributed by atoms with Gasteiger partial charge in [0.2, 0.25) is 0 Å². The molecule has 0 aromatic heterocycles. The summed E-state index contributed by atoms with van der Waals surface area (Å²) in [6.07, 6.45) is 5.64. The highest BCUT2D eigenvalue weighted by Gasteiger charge is 2.36. The highest BCUT2D eigenvalue weighted by atomic mass is 16.5. The molecular formula is C13H25NO2. The van der Waals surface area contributed by atoms with Crippen LogP contribution >= 0.6 is 0 Å². The van der Waals surface area contributed by atoms with E-state index in [0.717, 1.165) is 19.6 Å². The molecule has 3 heteroatoms. The zero-order chi connectivity index (χ0) is 11.6. The molecule has 1 heterocycles. The number of morpholine rings is 1. The van der Waals surface area contributed by atoms with Crippen LogP contribution in [0.5, 0.6) is 0 Å². The van der Waals surface area contributed by atoms with Crippen molar-refractivity contribution in [3.05, 3.63) is 0 Å². The van der Waals surface area contributed by atoms with Crippen LogP contribution in [0.25, 0.3) is 0 Å². The van der Waals surface area contributed by atoms with E-state index in [0.29, 0.717) is 18.8 Å². The van der Waals surface area contributed by atoms with Gasteiger partial charge in [-0.15, -0.1) is 0 Å². The standard InChI is InChI=1S/C13H25NO2/c1-11-7-14(8-12(2)16-11)9-13(10-15)5-3-4-6-13/h11-12,15H,3-10H2,1-2H3/t11-,12+. The molecule has 1 N–H and O–H groups in total. The molecule has 0 spiro atoms. The van der Waals surface area contributed by atoms with E-state index in [2.05, 4.69) is 18.7 Å². The lowest BCUT2D eigenvalue weighted by molar-refractivity contribution is -0.0811. The number of hydrogen-bond donors (Lipinski definition) is 1. The molecule has 94 valence electrons. The summed E-state index contributed by atoms with van der Waals surface area (Å²) >= 11 is 0. The second-order valence-corrected chi connectivity index (χ2v) is 5.82. The molecule has 1 saturated carbocycles. The summed E-state index contributed by atoms with van der Waals surface area (Å²) in [5, 5.41) is 9.62. The van der Waals surface area contributed by atoms with Gasteiger partial charge in [-0.1, -0.05) is 12.8 Å². The minimum absolute atomic E-state index is 0.191. The third kappa shape index (κ3) is 2.76. The Morgan fingerprint density at radius 2 is 1.75 bits per heavy atom. The van der Waals surface area contributed by atoms with Gasteiger partial charge in [0.25, 0.3) is 0 Å². The molecule has 1 aliphatic heterocycles. The van der Waals surface area contributed by atoms with Gasteiger partial charge >= 0.3 is 0 Å². The third-order valence-electron chi connectivity index (χ3n) is 4.05. The van der Waals surface area contributed by atoms with Gasteiger partial charge in [-0.25, -0.2) is 0 Å². The van der Waals surface area contributed by atoms with Crippen molar-refractivity contribution in [2.75, 3.05) is 26.2 Å². The molecule has 2 aliphatic rings. The normalized spacial score (nSPS) is 35.4. The van der Waals surface area contributed by atoms with Crippen LogP contribution in [0.2, 0.25) is 0 Å². The lowest BCUT2D eigenvalue weighted by Crippen LogP contribution is -2.49. The molecule has 16 heavy (non-hydrogen) atoms. The number of hydrogen-bond acceptors (Lipinski definition) is 3. The number of aliphatic hydroxyl groups excluding tert-OH is 1. The fraction of sp³-hybridized carbons (Fsp3) is 1.00. The first-order valence-corrected chi connectivity index (χ1v) is 6.62. The Kier molecular flexibility index (Phi) is 3.88. The summed E-state index contributed by atoms with van der Waals surface area (Å²) in [5.41, 5.74) is 0.191. The van der Waals surface area contributed by atoms with Crippen LogP contribution in [0.4, 0.5) is 0 Å². The fourth-order valence-corrected chi connectivity index (χ4v) is 3.38. The molecule has 0 radical (unpaired) electrons. The Labute approximate surface area is 98.8 Å². The van der Waals surface area contributed by atoms with Gasteiger partial charge < -0.3 is 9.84 Å². The maximum absolute atomic E-state index is 9.62. The second kappa shape index (κ2) is 5.03. The molecule has 0 bridgehead atoms. The molecule has 0 unspecified atom stereocenters. The number of ether oxygens (including phenoxy) is 1. The minimum Gasteiger partial charge on any atom is -0.396 e. The fourth-order valence-electron chi connectivity index (χ4n) is 3.38. The molecule has 2 rings (SSSR count). The van der Waals surface area contributed by atoms with Crippen molar-refractivity contribution in [1.29, 1.82) is 0 Å². The molecule has 3 nitrogen and oxygen atoms in total. The van der Waals surface area contributed by atoms with Crippen LogP contribution < -0.4 is 0 Å². The average molecular weight is 227 g/mol. The van der Waals surface area contributed by atoms with Crippen molar-refractivity contribution >= 4 is 0 Å². The van der Waals surface area contributed by atoms with Gasteiger partial charge in [-0.3, -0.25) is 4.90 Å². The van der Waals surface area contributed by atoms with Gasteiger partial charge in [0, 0.05) is 31.7 Å². The zero-order valence-corrected chi connectivity index (χ0v) is 10.6. The van der Waals surface area contributed by atoms with Crippen molar-refractivity contribution in [2.24, 2.45) is 5.41 Å². The van der Waals surface area contributed by atoms with Crippen LogP contribution in [0.1, 0.15) is 39.5 Å². The van der Waals surface area contributed by atoms with E-state index in [-0.39, 0.29) is 5.41 Å². The maximum Gasteiger partial charge on any atom is 0.0678 e. The van der Waals surface area contributed by atoms with Gasteiger partial charge in [-0.05, 0) is 26.7 Å². The van der Waals surface area contributed by atoms with E-state index in [1.807, 2.05) is 0 Å². The highest BCUT2D eigenvalue weighted by Crippen LogP contribution is 2.38. The average Bonchev–Trinajstić information content (AvgIpc) is 2.65. The monoisotopic (exact) mass is 227 g/mol. The van der Waals surface area contributed by atoms with Crippen LogP contribution in [-0.2, 0) is 4.74 Å². The van der Waals surface area contributed by atoms with Gasteiger partial charge in [0.05, 0.1) is 12.2 Å². The molecule has 2 fully saturated rings. The highest BCUT2D eigenvalue weighted by molar-refractivity contribution is 4.88.